The Bertz CT molecular complexity index is 1260. The Labute approximate surface area is 167 Å². The highest BCUT2D eigenvalue weighted by Crippen LogP contribution is 2.29. The monoisotopic (exact) mass is 388 g/mol. The molecule has 0 aliphatic rings. The number of para-hydroxylation sites is 1. The maximum absolute atomic E-state index is 13.1. The number of aromatic nitrogens is 1. The van der Waals surface area contributed by atoms with Gasteiger partial charge >= 0.3 is 0 Å². The van der Waals surface area contributed by atoms with Crippen LogP contribution in [0.3, 0.4) is 0 Å². The summed E-state index contributed by atoms with van der Waals surface area (Å²) in [4.78, 5) is 17.5. The average Bonchev–Trinajstić information content (AvgIpc) is 2.71. The number of aryl methyl sites for hydroxylation is 1. The van der Waals surface area contributed by atoms with Gasteiger partial charge in [0.15, 0.2) is 0 Å². The summed E-state index contributed by atoms with van der Waals surface area (Å²) >= 11 is 6.29. The van der Waals surface area contributed by atoms with E-state index in [1.807, 2.05) is 37.3 Å². The number of hydrogen-bond acceptors (Lipinski definition) is 3. The summed E-state index contributed by atoms with van der Waals surface area (Å²) in [7, 11) is 0. The van der Waals surface area contributed by atoms with Gasteiger partial charge in [-0.2, -0.15) is 0 Å². The van der Waals surface area contributed by atoms with E-state index in [-0.39, 0.29) is 11.4 Å². The largest absolute Gasteiger partial charge is 0.494 e. The molecule has 138 valence electrons. The topological polar surface area (TPSA) is 54.6 Å². The summed E-state index contributed by atoms with van der Waals surface area (Å²) in [6.07, 6.45) is 1.58. The minimum Gasteiger partial charge on any atom is -0.494 e. The highest BCUT2D eigenvalue weighted by Gasteiger charge is 2.17. The molecular formula is C23H17ClN2O2. The highest BCUT2D eigenvalue weighted by molar-refractivity contribution is 6.32. The molecule has 1 aromatic heterocycles. The number of rotatable bonds is 3. The summed E-state index contributed by atoms with van der Waals surface area (Å²) in [5.74, 6) is -0.201. The van der Waals surface area contributed by atoms with Crippen LogP contribution in [0.4, 0.5) is 5.69 Å². The lowest BCUT2D eigenvalue weighted by atomic mass is 10.1. The van der Waals surface area contributed by atoms with Crippen LogP contribution in [-0.2, 0) is 0 Å². The number of aliphatic imine (C=N–C) groups is 1. The third-order valence-electron chi connectivity index (χ3n) is 4.57. The molecule has 1 N–H and O–H groups in total. The van der Waals surface area contributed by atoms with Gasteiger partial charge in [0.25, 0.3) is 5.56 Å². The molecule has 0 saturated carbocycles. The number of halogens is 1. The Morgan fingerprint density at radius 3 is 2.29 bits per heavy atom. The van der Waals surface area contributed by atoms with Crippen molar-refractivity contribution < 1.29 is 5.11 Å². The van der Waals surface area contributed by atoms with Gasteiger partial charge in [0.1, 0.15) is 0 Å². The predicted molar refractivity (Wildman–Crippen MR) is 115 cm³/mol. The van der Waals surface area contributed by atoms with Crippen molar-refractivity contribution in [2.45, 2.75) is 6.92 Å². The second-order valence-electron chi connectivity index (χ2n) is 6.47. The third kappa shape index (κ3) is 3.19. The van der Waals surface area contributed by atoms with Crippen LogP contribution in [0.25, 0.3) is 16.5 Å². The molecule has 4 nitrogen and oxygen atoms in total. The molecule has 4 aromatic rings. The van der Waals surface area contributed by atoms with Gasteiger partial charge in [0, 0.05) is 17.0 Å². The smallest absolute Gasteiger partial charge is 0.265 e. The van der Waals surface area contributed by atoms with E-state index in [4.69, 9.17) is 11.6 Å². The first kappa shape index (κ1) is 18.0. The third-order valence-corrected chi connectivity index (χ3v) is 4.89. The van der Waals surface area contributed by atoms with Crippen molar-refractivity contribution in [1.29, 1.82) is 0 Å². The normalized spacial score (nSPS) is 11.4. The Kier molecular flexibility index (Phi) is 4.72. The van der Waals surface area contributed by atoms with Gasteiger partial charge in [-0.25, -0.2) is 4.57 Å². The molecule has 0 aliphatic carbocycles. The maximum atomic E-state index is 13.1. The Balaban J connectivity index is 1.99. The number of benzene rings is 3. The van der Waals surface area contributed by atoms with Crippen LogP contribution in [0.5, 0.6) is 5.88 Å². The fourth-order valence-electron chi connectivity index (χ4n) is 3.12. The van der Waals surface area contributed by atoms with Crippen LogP contribution in [0.1, 0.15) is 11.1 Å². The average molecular weight is 389 g/mol. The standard InChI is InChI=1S/C23H17ClN2O2/c1-15-10-12-16(13-11-15)25-14-19-17-6-2-3-7-18(17)22(27)26(23(19)28)21-9-5-4-8-20(21)24/h2-14,28H,1H3. The number of nitrogens with zero attached hydrogens (tertiary/aromatic N) is 2. The van der Waals surface area contributed by atoms with Crippen molar-refractivity contribution >= 4 is 34.3 Å². The molecule has 0 amide bonds. The molecule has 5 heteroatoms. The van der Waals surface area contributed by atoms with E-state index in [2.05, 4.69) is 4.99 Å². The van der Waals surface area contributed by atoms with E-state index >= 15 is 0 Å². The second-order valence-corrected chi connectivity index (χ2v) is 6.88. The lowest BCUT2D eigenvalue weighted by Crippen LogP contribution is -2.20. The van der Waals surface area contributed by atoms with Gasteiger partial charge < -0.3 is 5.11 Å². The van der Waals surface area contributed by atoms with Crippen LogP contribution in [0.15, 0.2) is 82.6 Å². The Morgan fingerprint density at radius 2 is 1.57 bits per heavy atom. The molecule has 1 heterocycles. The summed E-state index contributed by atoms with van der Waals surface area (Å²) in [5, 5.41) is 12.5. The highest BCUT2D eigenvalue weighted by atomic mass is 35.5. The molecule has 0 atom stereocenters. The zero-order valence-corrected chi connectivity index (χ0v) is 15.9. The van der Waals surface area contributed by atoms with Crippen molar-refractivity contribution in [2.75, 3.05) is 0 Å². The first-order chi connectivity index (χ1) is 13.6. The molecule has 3 aromatic carbocycles. The van der Waals surface area contributed by atoms with Crippen molar-refractivity contribution in [2.24, 2.45) is 4.99 Å². The van der Waals surface area contributed by atoms with Crippen molar-refractivity contribution in [3.63, 3.8) is 0 Å². The molecule has 0 fully saturated rings. The van der Waals surface area contributed by atoms with Crippen molar-refractivity contribution in [3.05, 3.63) is 99.3 Å². The quantitative estimate of drug-likeness (QED) is 0.477. The molecule has 0 spiro atoms. The predicted octanol–water partition coefficient (Wildman–Crippen LogP) is 5.41. The minimum absolute atomic E-state index is 0.201. The number of aromatic hydroxyl groups is 1. The summed E-state index contributed by atoms with van der Waals surface area (Å²) < 4.78 is 1.22. The lowest BCUT2D eigenvalue weighted by molar-refractivity contribution is 0.436. The van der Waals surface area contributed by atoms with Gasteiger partial charge in [0.05, 0.1) is 22.0 Å². The Hall–Kier alpha value is -3.37. The number of fused-ring (bicyclic) bond motifs is 1. The van der Waals surface area contributed by atoms with E-state index in [1.165, 1.54) is 4.57 Å². The van der Waals surface area contributed by atoms with E-state index in [0.717, 1.165) is 11.3 Å². The first-order valence-corrected chi connectivity index (χ1v) is 9.16. The molecule has 0 aliphatic heterocycles. The lowest BCUT2D eigenvalue weighted by Gasteiger charge is -2.14. The summed E-state index contributed by atoms with van der Waals surface area (Å²) in [6.45, 7) is 2.01. The Morgan fingerprint density at radius 1 is 0.929 bits per heavy atom. The maximum Gasteiger partial charge on any atom is 0.265 e. The van der Waals surface area contributed by atoms with E-state index < -0.39 is 0 Å². The van der Waals surface area contributed by atoms with Crippen molar-refractivity contribution in [3.8, 4) is 11.6 Å². The van der Waals surface area contributed by atoms with Gasteiger partial charge in [-0.05, 0) is 37.3 Å². The van der Waals surface area contributed by atoms with E-state index in [9.17, 15) is 9.90 Å². The second kappa shape index (κ2) is 7.33. The van der Waals surface area contributed by atoms with Crippen LogP contribution < -0.4 is 5.56 Å². The van der Waals surface area contributed by atoms with Crippen LogP contribution in [0.2, 0.25) is 5.02 Å². The zero-order valence-electron chi connectivity index (χ0n) is 15.1. The molecule has 28 heavy (non-hydrogen) atoms. The summed E-state index contributed by atoms with van der Waals surface area (Å²) in [6, 6.07) is 21.8. The molecule has 0 bridgehead atoms. The summed E-state index contributed by atoms with van der Waals surface area (Å²) in [5.41, 5.74) is 2.43. The number of pyridine rings is 1. The van der Waals surface area contributed by atoms with Crippen molar-refractivity contribution in [1.82, 2.24) is 4.57 Å². The van der Waals surface area contributed by atoms with Crippen LogP contribution in [0, 0.1) is 6.92 Å². The first-order valence-electron chi connectivity index (χ1n) is 8.78. The van der Waals surface area contributed by atoms with Crippen LogP contribution >= 0.6 is 11.6 Å². The van der Waals surface area contributed by atoms with Gasteiger partial charge in [-0.15, -0.1) is 0 Å². The fraction of sp³-hybridized carbons (Fsp3) is 0.0435. The fourth-order valence-corrected chi connectivity index (χ4v) is 3.34. The van der Waals surface area contributed by atoms with Crippen LogP contribution in [-0.4, -0.2) is 15.9 Å². The van der Waals surface area contributed by atoms with Gasteiger partial charge in [-0.3, -0.25) is 9.79 Å². The minimum atomic E-state index is -0.339. The molecule has 4 rings (SSSR count). The van der Waals surface area contributed by atoms with E-state index in [0.29, 0.717) is 27.0 Å². The van der Waals surface area contributed by atoms with E-state index in [1.54, 1.807) is 48.7 Å². The van der Waals surface area contributed by atoms with Gasteiger partial charge in [0.2, 0.25) is 5.88 Å². The SMILES string of the molecule is Cc1ccc(N=Cc2c(O)n(-c3ccccc3Cl)c(=O)c3ccccc23)cc1. The number of hydrogen-bond donors (Lipinski definition) is 1. The van der Waals surface area contributed by atoms with Gasteiger partial charge in [-0.1, -0.05) is 59.6 Å². The molecule has 0 saturated heterocycles. The molecular weight excluding hydrogens is 372 g/mol. The molecule has 0 radical (unpaired) electrons. The molecule has 0 unspecified atom stereocenters. The zero-order chi connectivity index (χ0) is 19.7.